The Morgan fingerprint density at radius 2 is 2.24 bits per heavy atom. The highest BCUT2D eigenvalue weighted by atomic mass is 16.5. The third kappa shape index (κ3) is 3.96. The minimum atomic E-state index is 0.0332. The molecule has 1 atom stereocenters. The third-order valence-corrected chi connectivity index (χ3v) is 5.72. The van der Waals surface area contributed by atoms with Crippen LogP contribution in [0.15, 0.2) is 49.3 Å². The standard InChI is InChI=1S/C22H25N5O2/c28-22(18-5-7-24-9-18)26-11-19(14-29-13-17-2-1-6-23-8-17)21-20(12-26)25-15-27(21)10-16-3-4-16/h1-2,5-9,15-16,19,24H,3-4,10-14H2/t19-/m0/s1. The van der Waals surface area contributed by atoms with Crippen molar-refractivity contribution in [2.24, 2.45) is 5.92 Å². The summed E-state index contributed by atoms with van der Waals surface area (Å²) in [4.78, 5) is 26.6. The van der Waals surface area contributed by atoms with Crippen LogP contribution >= 0.6 is 0 Å². The number of pyridine rings is 1. The molecular weight excluding hydrogens is 366 g/mol. The van der Waals surface area contributed by atoms with Crippen molar-refractivity contribution in [3.05, 3.63) is 71.8 Å². The molecule has 4 heterocycles. The lowest BCUT2D eigenvalue weighted by molar-refractivity contribution is 0.0606. The van der Waals surface area contributed by atoms with Crippen LogP contribution in [0.5, 0.6) is 0 Å². The van der Waals surface area contributed by atoms with E-state index in [1.807, 2.05) is 35.6 Å². The number of aromatic nitrogens is 4. The predicted molar refractivity (Wildman–Crippen MR) is 107 cm³/mol. The van der Waals surface area contributed by atoms with Gasteiger partial charge in [0.1, 0.15) is 0 Å². The largest absolute Gasteiger partial charge is 0.376 e. The Kier molecular flexibility index (Phi) is 4.89. The quantitative estimate of drug-likeness (QED) is 0.672. The minimum absolute atomic E-state index is 0.0332. The molecule has 0 bridgehead atoms. The Morgan fingerprint density at radius 1 is 1.31 bits per heavy atom. The maximum absolute atomic E-state index is 12.9. The van der Waals surface area contributed by atoms with Gasteiger partial charge in [-0.1, -0.05) is 6.07 Å². The van der Waals surface area contributed by atoms with Crippen molar-refractivity contribution in [2.45, 2.75) is 38.5 Å². The van der Waals surface area contributed by atoms with Gasteiger partial charge in [-0.05, 0) is 36.5 Å². The number of aromatic amines is 1. The molecule has 1 fully saturated rings. The predicted octanol–water partition coefficient (Wildman–Crippen LogP) is 2.97. The molecule has 5 rings (SSSR count). The van der Waals surface area contributed by atoms with Crippen LogP contribution in [0.3, 0.4) is 0 Å². The molecule has 7 heteroatoms. The lowest BCUT2D eigenvalue weighted by atomic mass is 9.98. The maximum atomic E-state index is 12.9. The van der Waals surface area contributed by atoms with Gasteiger partial charge in [-0.25, -0.2) is 4.98 Å². The molecule has 3 aromatic heterocycles. The van der Waals surface area contributed by atoms with Gasteiger partial charge in [0.2, 0.25) is 0 Å². The van der Waals surface area contributed by atoms with Gasteiger partial charge in [0.25, 0.3) is 5.91 Å². The molecule has 3 aromatic rings. The number of ether oxygens (including phenoxy) is 1. The maximum Gasteiger partial charge on any atom is 0.255 e. The first-order valence-corrected chi connectivity index (χ1v) is 10.2. The number of imidazole rings is 1. The Balaban J connectivity index is 1.35. The first-order chi connectivity index (χ1) is 14.3. The van der Waals surface area contributed by atoms with Gasteiger partial charge < -0.3 is 19.2 Å². The van der Waals surface area contributed by atoms with Gasteiger partial charge in [-0.2, -0.15) is 0 Å². The number of fused-ring (bicyclic) bond motifs is 1. The molecule has 0 saturated heterocycles. The number of H-pyrrole nitrogens is 1. The first kappa shape index (κ1) is 18.1. The van der Waals surface area contributed by atoms with E-state index in [2.05, 4.69) is 19.5 Å². The fourth-order valence-electron chi connectivity index (χ4n) is 4.08. The van der Waals surface area contributed by atoms with E-state index in [1.165, 1.54) is 18.5 Å². The zero-order chi connectivity index (χ0) is 19.6. The number of nitrogens with one attached hydrogen (secondary N) is 1. The van der Waals surface area contributed by atoms with E-state index in [4.69, 9.17) is 4.74 Å². The van der Waals surface area contributed by atoms with Crippen molar-refractivity contribution in [1.82, 2.24) is 24.4 Å². The average Bonchev–Trinajstić information content (AvgIpc) is 3.23. The Morgan fingerprint density at radius 3 is 3.00 bits per heavy atom. The lowest BCUT2D eigenvalue weighted by Crippen LogP contribution is -2.40. The van der Waals surface area contributed by atoms with Gasteiger partial charge in [-0.3, -0.25) is 9.78 Å². The Bertz CT molecular complexity index is 963. The summed E-state index contributed by atoms with van der Waals surface area (Å²) in [6, 6.07) is 5.75. The highest BCUT2D eigenvalue weighted by molar-refractivity contribution is 5.94. The van der Waals surface area contributed by atoms with Crippen LogP contribution in [-0.4, -0.2) is 43.5 Å². The zero-order valence-corrected chi connectivity index (χ0v) is 16.3. The molecule has 1 saturated carbocycles. The number of nitrogens with zero attached hydrogens (tertiary/aromatic N) is 4. The van der Waals surface area contributed by atoms with E-state index >= 15 is 0 Å². The second-order valence-corrected chi connectivity index (χ2v) is 8.03. The molecule has 1 N–H and O–H groups in total. The van der Waals surface area contributed by atoms with E-state index in [0.717, 1.165) is 23.7 Å². The van der Waals surface area contributed by atoms with E-state index in [1.54, 1.807) is 18.6 Å². The van der Waals surface area contributed by atoms with Crippen LogP contribution in [0.4, 0.5) is 0 Å². The number of amides is 1. The normalized spacial score (nSPS) is 18.6. The van der Waals surface area contributed by atoms with Gasteiger partial charge >= 0.3 is 0 Å². The lowest BCUT2D eigenvalue weighted by Gasteiger charge is -2.33. The smallest absolute Gasteiger partial charge is 0.255 e. The van der Waals surface area contributed by atoms with E-state index in [-0.39, 0.29) is 11.8 Å². The minimum Gasteiger partial charge on any atom is -0.376 e. The molecule has 0 radical (unpaired) electrons. The average molecular weight is 391 g/mol. The number of carbonyl (C=O) groups excluding carboxylic acids is 1. The number of hydrogen-bond donors (Lipinski definition) is 1. The molecular formula is C22H25N5O2. The van der Waals surface area contributed by atoms with Crippen LogP contribution in [-0.2, 0) is 24.4 Å². The summed E-state index contributed by atoms with van der Waals surface area (Å²) in [7, 11) is 0. The Hall–Kier alpha value is -2.93. The summed E-state index contributed by atoms with van der Waals surface area (Å²) in [5.41, 5.74) is 3.97. The van der Waals surface area contributed by atoms with Gasteiger partial charge in [-0.15, -0.1) is 0 Å². The fourth-order valence-corrected chi connectivity index (χ4v) is 4.08. The van der Waals surface area contributed by atoms with Crippen LogP contribution in [0.25, 0.3) is 0 Å². The van der Waals surface area contributed by atoms with Crippen molar-refractivity contribution in [3.8, 4) is 0 Å². The van der Waals surface area contributed by atoms with E-state index in [0.29, 0.717) is 31.9 Å². The number of carbonyl (C=O) groups is 1. The summed E-state index contributed by atoms with van der Waals surface area (Å²) < 4.78 is 8.35. The summed E-state index contributed by atoms with van der Waals surface area (Å²) in [6.07, 6.45) is 11.7. The fraction of sp³-hybridized carbons (Fsp3) is 0.409. The molecule has 0 spiro atoms. The van der Waals surface area contributed by atoms with E-state index < -0.39 is 0 Å². The Labute approximate surface area is 169 Å². The van der Waals surface area contributed by atoms with Gasteiger partial charge in [0, 0.05) is 49.5 Å². The summed E-state index contributed by atoms with van der Waals surface area (Å²) in [5.74, 6) is 0.912. The van der Waals surface area contributed by atoms with Gasteiger partial charge in [0.15, 0.2) is 0 Å². The molecule has 1 amide bonds. The topological polar surface area (TPSA) is 76.0 Å². The SMILES string of the molecule is O=C(c1cc[nH]c1)N1Cc2ncn(CC3CC3)c2[C@H](COCc2cccnc2)C1. The van der Waals surface area contributed by atoms with Crippen LogP contribution in [0.1, 0.15) is 46.1 Å². The molecule has 7 nitrogen and oxygen atoms in total. The van der Waals surface area contributed by atoms with Gasteiger partial charge in [0.05, 0.1) is 37.3 Å². The summed E-state index contributed by atoms with van der Waals surface area (Å²) in [5, 5.41) is 0. The van der Waals surface area contributed by atoms with Crippen molar-refractivity contribution < 1.29 is 9.53 Å². The number of rotatable bonds is 7. The zero-order valence-electron chi connectivity index (χ0n) is 16.3. The second-order valence-electron chi connectivity index (χ2n) is 8.03. The second kappa shape index (κ2) is 7.83. The monoisotopic (exact) mass is 391 g/mol. The molecule has 0 aromatic carbocycles. The molecule has 1 aliphatic carbocycles. The first-order valence-electron chi connectivity index (χ1n) is 10.2. The number of hydrogen-bond acceptors (Lipinski definition) is 4. The molecule has 150 valence electrons. The molecule has 29 heavy (non-hydrogen) atoms. The molecule has 2 aliphatic rings. The highest BCUT2D eigenvalue weighted by Crippen LogP contribution is 2.34. The molecule has 0 unspecified atom stereocenters. The summed E-state index contributed by atoms with van der Waals surface area (Å²) >= 11 is 0. The molecule has 1 aliphatic heterocycles. The van der Waals surface area contributed by atoms with E-state index in [9.17, 15) is 4.79 Å². The van der Waals surface area contributed by atoms with Crippen LogP contribution in [0.2, 0.25) is 0 Å². The van der Waals surface area contributed by atoms with Crippen molar-refractivity contribution in [2.75, 3.05) is 13.2 Å². The van der Waals surface area contributed by atoms with Crippen molar-refractivity contribution >= 4 is 5.91 Å². The third-order valence-electron chi connectivity index (χ3n) is 5.72. The summed E-state index contributed by atoms with van der Waals surface area (Å²) in [6.45, 7) is 3.28. The van der Waals surface area contributed by atoms with Crippen molar-refractivity contribution in [1.29, 1.82) is 0 Å². The van der Waals surface area contributed by atoms with Crippen molar-refractivity contribution in [3.63, 3.8) is 0 Å². The van der Waals surface area contributed by atoms with Crippen LogP contribution in [0, 0.1) is 5.92 Å². The highest BCUT2D eigenvalue weighted by Gasteiger charge is 2.34. The van der Waals surface area contributed by atoms with Crippen LogP contribution < -0.4 is 0 Å².